The first kappa shape index (κ1) is 25.2. The van der Waals surface area contributed by atoms with E-state index in [1.807, 2.05) is 0 Å². The van der Waals surface area contributed by atoms with Crippen molar-refractivity contribution in [3.63, 3.8) is 0 Å². The number of hydrogen-bond acceptors (Lipinski definition) is 4. The van der Waals surface area contributed by atoms with Gasteiger partial charge in [0.05, 0.1) is 15.9 Å². The molecule has 1 aromatic carbocycles. The number of carbonyl (C=O) groups excluding carboxylic acids is 1. The molecular weight excluding hydrogens is 458 g/mol. The Balaban J connectivity index is 1.67. The van der Waals surface area contributed by atoms with Gasteiger partial charge in [0.25, 0.3) is 0 Å². The molecule has 1 saturated carbocycles. The standard InChI is InChI=1S/C21H26F6N2O2S/c1-32-19(5-2-17(11-19)29-16-3-6-31-7-4-16)18(30)28-12-13-8-14(20(22,23)24)10-15(9-13)21(25,26)27/h8-10,16-17,29H,2-7,11-12H2,1H3,(H,28,30)/t17?,19-/m1/s1. The summed E-state index contributed by atoms with van der Waals surface area (Å²) in [5.74, 6) is -0.368. The lowest BCUT2D eigenvalue weighted by atomic mass is 10.0. The van der Waals surface area contributed by atoms with Crippen LogP contribution in [0.2, 0.25) is 0 Å². The fourth-order valence-electron chi connectivity index (χ4n) is 4.30. The molecule has 0 bridgehead atoms. The van der Waals surface area contributed by atoms with Crippen LogP contribution in [0.5, 0.6) is 0 Å². The Bertz CT molecular complexity index is 778. The van der Waals surface area contributed by atoms with Gasteiger partial charge in [0.2, 0.25) is 5.91 Å². The third-order valence-electron chi connectivity index (χ3n) is 6.07. The molecule has 1 unspecified atom stereocenters. The highest BCUT2D eigenvalue weighted by molar-refractivity contribution is 8.00. The van der Waals surface area contributed by atoms with Crippen LogP contribution in [0.4, 0.5) is 26.3 Å². The van der Waals surface area contributed by atoms with Crippen LogP contribution in [0, 0.1) is 0 Å². The largest absolute Gasteiger partial charge is 0.416 e. The summed E-state index contributed by atoms with van der Waals surface area (Å²) in [6, 6.07) is 1.82. The van der Waals surface area contributed by atoms with E-state index in [1.54, 1.807) is 6.26 Å². The molecule has 4 nitrogen and oxygen atoms in total. The van der Waals surface area contributed by atoms with Crippen molar-refractivity contribution in [2.75, 3.05) is 19.5 Å². The van der Waals surface area contributed by atoms with E-state index in [9.17, 15) is 31.1 Å². The number of thioether (sulfide) groups is 1. The van der Waals surface area contributed by atoms with Crippen LogP contribution < -0.4 is 10.6 Å². The van der Waals surface area contributed by atoms with Crippen molar-refractivity contribution in [1.29, 1.82) is 0 Å². The quantitative estimate of drug-likeness (QED) is 0.572. The van der Waals surface area contributed by atoms with Crippen LogP contribution in [0.15, 0.2) is 18.2 Å². The van der Waals surface area contributed by atoms with Gasteiger partial charge in [0, 0.05) is 31.8 Å². The molecule has 1 heterocycles. The number of nitrogens with one attached hydrogen (secondary N) is 2. The second kappa shape index (κ2) is 9.80. The van der Waals surface area contributed by atoms with Crippen molar-refractivity contribution in [3.8, 4) is 0 Å². The number of rotatable bonds is 6. The zero-order chi connectivity index (χ0) is 23.6. The van der Waals surface area contributed by atoms with E-state index in [4.69, 9.17) is 4.74 Å². The molecule has 1 saturated heterocycles. The Hall–Kier alpha value is -1.46. The van der Waals surface area contributed by atoms with Crippen molar-refractivity contribution >= 4 is 17.7 Å². The lowest BCUT2D eigenvalue weighted by molar-refractivity contribution is -0.143. The lowest BCUT2D eigenvalue weighted by Crippen LogP contribution is -2.45. The smallest absolute Gasteiger partial charge is 0.381 e. The molecule has 32 heavy (non-hydrogen) atoms. The number of ether oxygens (including phenoxy) is 1. The van der Waals surface area contributed by atoms with E-state index in [0.29, 0.717) is 44.2 Å². The maximum absolute atomic E-state index is 13.1. The van der Waals surface area contributed by atoms with E-state index in [2.05, 4.69) is 10.6 Å². The lowest BCUT2D eigenvalue weighted by Gasteiger charge is -2.29. The summed E-state index contributed by atoms with van der Waals surface area (Å²) < 4.78 is 82.9. The highest BCUT2D eigenvalue weighted by Crippen LogP contribution is 2.41. The summed E-state index contributed by atoms with van der Waals surface area (Å²) in [5, 5.41) is 6.13. The molecule has 1 aliphatic heterocycles. The normalized spacial score (nSPS) is 25.2. The van der Waals surface area contributed by atoms with Crippen molar-refractivity contribution < 1.29 is 35.9 Å². The fourth-order valence-corrected chi connectivity index (χ4v) is 5.25. The molecule has 2 atom stereocenters. The highest BCUT2D eigenvalue weighted by Gasteiger charge is 2.45. The topological polar surface area (TPSA) is 50.4 Å². The number of benzene rings is 1. The summed E-state index contributed by atoms with van der Waals surface area (Å²) in [5.41, 5.74) is -3.03. The minimum absolute atomic E-state index is 0.0816. The van der Waals surface area contributed by atoms with Crippen molar-refractivity contribution in [1.82, 2.24) is 10.6 Å². The summed E-state index contributed by atoms with van der Waals surface area (Å²) in [7, 11) is 0. The Morgan fingerprint density at radius 2 is 1.62 bits per heavy atom. The Kier molecular flexibility index (Phi) is 7.71. The van der Waals surface area contributed by atoms with Crippen LogP contribution in [0.1, 0.15) is 48.8 Å². The van der Waals surface area contributed by atoms with Crippen LogP contribution in [0.25, 0.3) is 0 Å². The second-order valence-corrected chi connectivity index (χ2v) is 9.48. The predicted octanol–water partition coefficient (Wildman–Crippen LogP) is 4.76. The van der Waals surface area contributed by atoms with Crippen molar-refractivity contribution in [2.24, 2.45) is 0 Å². The number of halogens is 6. The van der Waals surface area contributed by atoms with Gasteiger partial charge in [-0.1, -0.05) is 0 Å². The Morgan fingerprint density at radius 1 is 1.03 bits per heavy atom. The zero-order valence-corrected chi connectivity index (χ0v) is 18.4. The molecule has 0 aromatic heterocycles. The van der Waals surface area contributed by atoms with E-state index in [0.717, 1.165) is 19.3 Å². The molecule has 2 aliphatic rings. The first-order valence-electron chi connectivity index (χ1n) is 10.4. The van der Waals surface area contributed by atoms with Gasteiger partial charge in [-0.3, -0.25) is 4.79 Å². The van der Waals surface area contributed by atoms with Crippen molar-refractivity contribution in [2.45, 2.75) is 67.8 Å². The monoisotopic (exact) mass is 484 g/mol. The maximum atomic E-state index is 13.1. The first-order valence-corrected chi connectivity index (χ1v) is 11.6. The van der Waals surface area contributed by atoms with E-state index < -0.39 is 34.8 Å². The summed E-state index contributed by atoms with van der Waals surface area (Å²) in [6.45, 7) is 0.969. The molecular formula is C21H26F6N2O2S. The van der Waals surface area contributed by atoms with E-state index >= 15 is 0 Å². The van der Waals surface area contributed by atoms with Gasteiger partial charge in [-0.2, -0.15) is 26.3 Å². The van der Waals surface area contributed by atoms with Gasteiger partial charge in [0.15, 0.2) is 0 Å². The SMILES string of the molecule is CS[C@]1(C(=O)NCc2cc(C(F)(F)F)cc(C(F)(F)F)c2)CCC(NC2CCOCC2)C1. The molecule has 1 aliphatic carbocycles. The van der Waals surface area contributed by atoms with Crippen LogP contribution in [-0.4, -0.2) is 42.2 Å². The van der Waals surface area contributed by atoms with Gasteiger partial charge < -0.3 is 15.4 Å². The Labute approximate surface area is 186 Å². The predicted molar refractivity (Wildman–Crippen MR) is 109 cm³/mol. The highest BCUT2D eigenvalue weighted by atomic mass is 32.2. The summed E-state index contributed by atoms with van der Waals surface area (Å²) in [6.07, 6.45) is -4.36. The van der Waals surface area contributed by atoms with Crippen LogP contribution >= 0.6 is 11.8 Å². The number of hydrogen-bond donors (Lipinski definition) is 2. The number of alkyl halides is 6. The molecule has 3 rings (SSSR count). The van der Waals surface area contributed by atoms with E-state index in [1.165, 1.54) is 11.8 Å². The molecule has 2 fully saturated rings. The van der Waals surface area contributed by atoms with Gasteiger partial charge in [0.1, 0.15) is 0 Å². The van der Waals surface area contributed by atoms with E-state index in [-0.39, 0.29) is 23.6 Å². The third kappa shape index (κ3) is 6.11. The van der Waals surface area contributed by atoms with Crippen LogP contribution in [0.3, 0.4) is 0 Å². The molecule has 180 valence electrons. The first-order chi connectivity index (χ1) is 14.9. The molecule has 0 spiro atoms. The molecule has 11 heteroatoms. The second-order valence-electron chi connectivity index (χ2n) is 8.29. The average Bonchev–Trinajstić information content (AvgIpc) is 3.15. The Morgan fingerprint density at radius 3 is 2.16 bits per heavy atom. The molecule has 1 aromatic rings. The van der Waals surface area contributed by atoms with Crippen LogP contribution in [-0.2, 0) is 28.4 Å². The molecule has 0 radical (unpaired) electrons. The maximum Gasteiger partial charge on any atom is 0.416 e. The zero-order valence-electron chi connectivity index (χ0n) is 17.5. The van der Waals surface area contributed by atoms with Gasteiger partial charge in [-0.25, -0.2) is 0 Å². The molecule has 1 amide bonds. The minimum atomic E-state index is -4.92. The minimum Gasteiger partial charge on any atom is -0.381 e. The van der Waals surface area contributed by atoms with Crippen molar-refractivity contribution in [3.05, 3.63) is 34.9 Å². The van der Waals surface area contributed by atoms with Gasteiger partial charge >= 0.3 is 12.4 Å². The average molecular weight is 485 g/mol. The van der Waals surface area contributed by atoms with Gasteiger partial charge in [-0.15, -0.1) is 11.8 Å². The number of amides is 1. The third-order valence-corrected chi connectivity index (χ3v) is 7.41. The fraction of sp³-hybridized carbons (Fsp3) is 0.667. The summed E-state index contributed by atoms with van der Waals surface area (Å²) >= 11 is 1.37. The molecule has 2 N–H and O–H groups in total. The summed E-state index contributed by atoms with van der Waals surface area (Å²) in [4.78, 5) is 12.9. The number of carbonyl (C=O) groups is 1. The van der Waals surface area contributed by atoms with Gasteiger partial charge in [-0.05, 0) is 62.1 Å².